The zero-order valence-corrected chi connectivity index (χ0v) is 19.3. The van der Waals surface area contributed by atoms with Crippen molar-refractivity contribution in [2.75, 3.05) is 18.0 Å². The average Bonchev–Trinajstić information content (AvgIpc) is 3.46. The number of benzene rings is 1. The summed E-state index contributed by atoms with van der Waals surface area (Å²) in [6.45, 7) is 8.27. The number of amides is 1. The molecule has 170 valence electrons. The Labute approximate surface area is 193 Å². The van der Waals surface area contributed by atoms with E-state index in [1.165, 1.54) is 11.1 Å². The van der Waals surface area contributed by atoms with E-state index >= 15 is 0 Å². The summed E-state index contributed by atoms with van der Waals surface area (Å²) >= 11 is 0. The molecular formula is C26H29N5O2. The summed E-state index contributed by atoms with van der Waals surface area (Å²) in [5.41, 5.74) is 6.28. The molecule has 0 radical (unpaired) electrons. The number of hydrogen-bond donors (Lipinski definition) is 1. The first-order valence-corrected chi connectivity index (χ1v) is 11.5. The number of nitrogens with one attached hydrogen (secondary N) is 1. The number of rotatable bonds is 5. The fourth-order valence-corrected chi connectivity index (χ4v) is 4.67. The predicted octanol–water partition coefficient (Wildman–Crippen LogP) is 4.45. The van der Waals surface area contributed by atoms with Gasteiger partial charge in [0.1, 0.15) is 11.6 Å². The third kappa shape index (κ3) is 4.49. The summed E-state index contributed by atoms with van der Waals surface area (Å²) in [6.07, 6.45) is 3.23. The largest absolute Gasteiger partial charge is 0.467 e. The molecule has 33 heavy (non-hydrogen) atoms. The summed E-state index contributed by atoms with van der Waals surface area (Å²) in [5, 5.41) is 7.92. The normalized spacial score (nSPS) is 14.7. The van der Waals surface area contributed by atoms with Crippen molar-refractivity contribution in [2.24, 2.45) is 5.92 Å². The highest BCUT2D eigenvalue weighted by Crippen LogP contribution is 2.28. The number of furan rings is 1. The van der Waals surface area contributed by atoms with Crippen LogP contribution in [-0.2, 0) is 11.3 Å². The molecule has 0 spiro atoms. The number of aromatic nitrogens is 3. The second-order valence-electron chi connectivity index (χ2n) is 8.99. The number of carbonyl (C=O) groups excluding carboxylic acids is 1. The molecule has 1 aliphatic rings. The van der Waals surface area contributed by atoms with E-state index in [1.807, 2.05) is 23.6 Å². The summed E-state index contributed by atoms with van der Waals surface area (Å²) in [4.78, 5) is 19.6. The van der Waals surface area contributed by atoms with Gasteiger partial charge in [0.05, 0.1) is 18.5 Å². The Morgan fingerprint density at radius 3 is 2.55 bits per heavy atom. The zero-order chi connectivity index (χ0) is 22.9. The van der Waals surface area contributed by atoms with Crippen molar-refractivity contribution in [3.63, 3.8) is 0 Å². The van der Waals surface area contributed by atoms with Gasteiger partial charge in [0, 0.05) is 42.4 Å². The van der Waals surface area contributed by atoms with Gasteiger partial charge in [0.15, 0.2) is 5.65 Å². The first-order valence-electron chi connectivity index (χ1n) is 11.5. The molecule has 4 aromatic rings. The lowest BCUT2D eigenvalue weighted by Crippen LogP contribution is -2.41. The summed E-state index contributed by atoms with van der Waals surface area (Å²) in [7, 11) is 0. The van der Waals surface area contributed by atoms with Gasteiger partial charge >= 0.3 is 0 Å². The second kappa shape index (κ2) is 8.73. The number of anilines is 1. The van der Waals surface area contributed by atoms with Crippen LogP contribution in [0.25, 0.3) is 16.9 Å². The first-order chi connectivity index (χ1) is 16.0. The molecule has 0 unspecified atom stereocenters. The maximum atomic E-state index is 12.6. The Balaban J connectivity index is 1.33. The molecule has 1 N–H and O–H groups in total. The molecule has 1 fully saturated rings. The van der Waals surface area contributed by atoms with Crippen molar-refractivity contribution in [1.82, 2.24) is 19.9 Å². The van der Waals surface area contributed by atoms with E-state index in [0.29, 0.717) is 6.54 Å². The van der Waals surface area contributed by atoms with Crippen LogP contribution >= 0.6 is 0 Å². The monoisotopic (exact) mass is 443 g/mol. The van der Waals surface area contributed by atoms with Crippen LogP contribution in [0.4, 0.5) is 5.82 Å². The fraction of sp³-hybridized carbons (Fsp3) is 0.346. The third-order valence-electron chi connectivity index (χ3n) is 6.26. The number of hydrogen-bond acceptors (Lipinski definition) is 5. The Morgan fingerprint density at radius 2 is 1.85 bits per heavy atom. The number of aryl methyl sites for hydroxylation is 3. The van der Waals surface area contributed by atoms with E-state index in [0.717, 1.165) is 60.1 Å². The smallest absolute Gasteiger partial charge is 0.223 e. The van der Waals surface area contributed by atoms with Gasteiger partial charge in [-0.15, -0.1) is 0 Å². The van der Waals surface area contributed by atoms with Crippen LogP contribution in [0.2, 0.25) is 0 Å². The van der Waals surface area contributed by atoms with Crippen LogP contribution in [0.5, 0.6) is 0 Å². The van der Waals surface area contributed by atoms with E-state index in [1.54, 1.807) is 6.26 Å². The topological polar surface area (TPSA) is 75.7 Å². The van der Waals surface area contributed by atoms with Crippen molar-refractivity contribution in [2.45, 2.75) is 40.2 Å². The summed E-state index contributed by atoms with van der Waals surface area (Å²) in [5.74, 6) is 1.91. The first kappa shape index (κ1) is 21.2. The van der Waals surface area contributed by atoms with Gasteiger partial charge in [-0.3, -0.25) is 4.79 Å². The lowest BCUT2D eigenvalue weighted by atomic mass is 9.96. The van der Waals surface area contributed by atoms with E-state index in [4.69, 9.17) is 14.5 Å². The van der Waals surface area contributed by atoms with Gasteiger partial charge in [0.25, 0.3) is 0 Å². The molecule has 3 aromatic heterocycles. The minimum atomic E-state index is 0.0121. The van der Waals surface area contributed by atoms with Crippen LogP contribution in [0, 0.1) is 26.7 Å². The molecule has 7 heteroatoms. The molecule has 1 aromatic carbocycles. The van der Waals surface area contributed by atoms with Gasteiger partial charge in [-0.25, -0.2) is 4.98 Å². The zero-order valence-electron chi connectivity index (χ0n) is 19.3. The maximum Gasteiger partial charge on any atom is 0.223 e. The standard InChI is InChI=1S/C26H29N5O2/c1-17-11-18(2)13-21(12-17)23-15-24-28-19(3)14-25(31(24)29-23)30-8-6-20(7-9-30)26(32)27-16-22-5-4-10-33-22/h4-5,10-15,20H,6-9,16H2,1-3H3,(H,27,32). The molecule has 5 rings (SSSR count). The van der Waals surface area contributed by atoms with Gasteiger partial charge in [-0.2, -0.15) is 9.61 Å². The van der Waals surface area contributed by atoms with Crippen LogP contribution in [0.15, 0.2) is 53.1 Å². The molecule has 1 saturated heterocycles. The lowest BCUT2D eigenvalue weighted by molar-refractivity contribution is -0.125. The molecule has 0 bridgehead atoms. The van der Waals surface area contributed by atoms with Crippen LogP contribution in [-0.4, -0.2) is 33.6 Å². The highest BCUT2D eigenvalue weighted by molar-refractivity contribution is 5.79. The van der Waals surface area contributed by atoms with E-state index in [9.17, 15) is 4.79 Å². The molecule has 0 saturated carbocycles. The quantitative estimate of drug-likeness (QED) is 0.493. The Bertz CT molecular complexity index is 1260. The third-order valence-corrected chi connectivity index (χ3v) is 6.26. The van der Waals surface area contributed by atoms with E-state index < -0.39 is 0 Å². The van der Waals surface area contributed by atoms with Crippen molar-refractivity contribution >= 4 is 17.4 Å². The summed E-state index contributed by atoms with van der Waals surface area (Å²) in [6, 6.07) is 14.3. The van der Waals surface area contributed by atoms with Gasteiger partial charge in [-0.05, 0) is 57.9 Å². The minimum Gasteiger partial charge on any atom is -0.467 e. The lowest BCUT2D eigenvalue weighted by Gasteiger charge is -2.33. The van der Waals surface area contributed by atoms with Crippen molar-refractivity contribution < 1.29 is 9.21 Å². The van der Waals surface area contributed by atoms with Gasteiger partial charge in [-0.1, -0.05) is 17.2 Å². The van der Waals surface area contributed by atoms with Gasteiger partial charge in [0.2, 0.25) is 5.91 Å². The maximum absolute atomic E-state index is 12.6. The van der Waals surface area contributed by atoms with Crippen molar-refractivity contribution in [1.29, 1.82) is 0 Å². The number of piperidine rings is 1. The molecule has 7 nitrogen and oxygen atoms in total. The van der Waals surface area contributed by atoms with E-state index in [2.05, 4.69) is 54.4 Å². The fourth-order valence-electron chi connectivity index (χ4n) is 4.67. The van der Waals surface area contributed by atoms with Crippen LogP contribution < -0.4 is 10.2 Å². The predicted molar refractivity (Wildman–Crippen MR) is 128 cm³/mol. The van der Waals surface area contributed by atoms with Crippen LogP contribution in [0.3, 0.4) is 0 Å². The highest BCUT2D eigenvalue weighted by Gasteiger charge is 2.26. The van der Waals surface area contributed by atoms with Crippen molar-refractivity contribution in [3.8, 4) is 11.3 Å². The SMILES string of the molecule is Cc1cc(C)cc(-c2cc3nc(C)cc(N4CCC(C(=O)NCc5ccco5)CC4)n3n2)c1. The van der Waals surface area contributed by atoms with Gasteiger partial charge < -0.3 is 14.6 Å². The second-order valence-corrected chi connectivity index (χ2v) is 8.99. The Morgan fingerprint density at radius 1 is 1.09 bits per heavy atom. The molecule has 4 heterocycles. The van der Waals surface area contributed by atoms with Crippen LogP contribution in [0.1, 0.15) is 35.4 Å². The number of carbonyl (C=O) groups is 1. The average molecular weight is 444 g/mol. The highest BCUT2D eigenvalue weighted by atomic mass is 16.3. The minimum absolute atomic E-state index is 0.0121. The molecule has 0 atom stereocenters. The molecule has 1 aliphatic heterocycles. The van der Waals surface area contributed by atoms with E-state index in [-0.39, 0.29) is 11.8 Å². The van der Waals surface area contributed by atoms with Crippen molar-refractivity contribution in [3.05, 3.63) is 71.3 Å². The Kier molecular flexibility index (Phi) is 5.62. The number of nitrogens with zero attached hydrogens (tertiary/aromatic N) is 4. The molecular weight excluding hydrogens is 414 g/mol. The molecule has 0 aliphatic carbocycles. The summed E-state index contributed by atoms with van der Waals surface area (Å²) < 4.78 is 7.25. The number of fused-ring (bicyclic) bond motifs is 1. The molecule has 1 amide bonds. The Hall–Kier alpha value is -3.61.